The lowest BCUT2D eigenvalue weighted by atomic mass is 9.84. The number of rotatable bonds is 4. The third-order valence-electron chi connectivity index (χ3n) is 4.26. The molecule has 1 saturated heterocycles. The number of hydrogen-bond acceptors (Lipinski definition) is 3. The van der Waals surface area contributed by atoms with Crippen molar-refractivity contribution in [2.45, 2.75) is 45.4 Å². The summed E-state index contributed by atoms with van der Waals surface area (Å²) in [6.07, 6.45) is 4.30. The van der Waals surface area contributed by atoms with E-state index in [1.807, 2.05) is 0 Å². The predicted octanol–water partition coefficient (Wildman–Crippen LogP) is 1.42. The Balaban J connectivity index is 1.99. The van der Waals surface area contributed by atoms with Crippen molar-refractivity contribution in [3.8, 4) is 0 Å². The lowest BCUT2D eigenvalue weighted by molar-refractivity contribution is -0.145. The molecule has 1 spiro atoms. The molecule has 0 aromatic rings. The molecule has 1 heterocycles. The molecule has 2 amide bonds. The van der Waals surface area contributed by atoms with Crippen molar-refractivity contribution in [1.82, 2.24) is 4.90 Å². The highest BCUT2D eigenvalue weighted by atomic mass is 16.4. The quantitative estimate of drug-likeness (QED) is 0.769. The van der Waals surface area contributed by atoms with Crippen LogP contribution in [0.1, 0.15) is 45.4 Å². The molecule has 18 heavy (non-hydrogen) atoms. The fourth-order valence-electron chi connectivity index (χ4n) is 2.97. The maximum atomic E-state index is 12.3. The molecule has 1 aliphatic carbocycles. The Morgan fingerprint density at radius 2 is 2.00 bits per heavy atom. The molecular weight excluding hydrogens is 234 g/mol. The molecule has 0 bridgehead atoms. The van der Waals surface area contributed by atoms with Crippen molar-refractivity contribution in [3.63, 3.8) is 0 Å². The maximum Gasteiger partial charge on any atom is 0.306 e. The lowest BCUT2D eigenvalue weighted by Crippen LogP contribution is -2.36. The van der Waals surface area contributed by atoms with Gasteiger partial charge in [-0.25, -0.2) is 0 Å². The summed E-state index contributed by atoms with van der Waals surface area (Å²) in [5.74, 6) is -1.60. The number of carboxylic acids is 1. The van der Waals surface area contributed by atoms with Gasteiger partial charge in [-0.1, -0.05) is 19.8 Å². The van der Waals surface area contributed by atoms with Gasteiger partial charge < -0.3 is 5.11 Å². The first kappa shape index (κ1) is 13.1. The third kappa shape index (κ3) is 2.13. The fraction of sp³-hybridized carbons (Fsp3) is 0.769. The Morgan fingerprint density at radius 3 is 2.56 bits per heavy atom. The molecule has 1 N–H and O–H groups in total. The Hall–Kier alpha value is -1.39. The number of amides is 2. The summed E-state index contributed by atoms with van der Waals surface area (Å²) in [7, 11) is 0. The molecule has 2 fully saturated rings. The van der Waals surface area contributed by atoms with Crippen LogP contribution in [0.5, 0.6) is 0 Å². The molecule has 1 unspecified atom stereocenters. The first-order valence-corrected chi connectivity index (χ1v) is 6.54. The van der Waals surface area contributed by atoms with Crippen LogP contribution >= 0.6 is 0 Å². The SMILES string of the molecule is CC(CCN1C(=O)CC2(CCCC2)C1=O)C(=O)O. The highest BCUT2D eigenvalue weighted by molar-refractivity contribution is 6.06. The summed E-state index contributed by atoms with van der Waals surface area (Å²) < 4.78 is 0. The first-order valence-electron chi connectivity index (χ1n) is 6.54. The van der Waals surface area contributed by atoms with Gasteiger partial charge >= 0.3 is 5.97 Å². The van der Waals surface area contributed by atoms with Gasteiger partial charge in [-0.3, -0.25) is 19.3 Å². The third-order valence-corrected chi connectivity index (χ3v) is 4.26. The zero-order valence-electron chi connectivity index (χ0n) is 10.6. The number of nitrogens with zero attached hydrogens (tertiary/aromatic N) is 1. The van der Waals surface area contributed by atoms with E-state index in [4.69, 9.17) is 5.11 Å². The standard InChI is InChI=1S/C13H19NO4/c1-9(11(16)17)4-7-14-10(15)8-13(12(14)18)5-2-3-6-13/h9H,2-8H2,1H3,(H,16,17). The van der Waals surface area contributed by atoms with Gasteiger partial charge in [0.2, 0.25) is 11.8 Å². The van der Waals surface area contributed by atoms with Crippen LogP contribution in [-0.4, -0.2) is 34.3 Å². The number of likely N-dealkylation sites (tertiary alicyclic amines) is 1. The van der Waals surface area contributed by atoms with Gasteiger partial charge in [0.05, 0.1) is 11.3 Å². The van der Waals surface area contributed by atoms with Crippen LogP contribution in [0.15, 0.2) is 0 Å². The van der Waals surface area contributed by atoms with E-state index < -0.39 is 17.3 Å². The van der Waals surface area contributed by atoms with E-state index in [2.05, 4.69) is 0 Å². The van der Waals surface area contributed by atoms with E-state index in [-0.39, 0.29) is 18.4 Å². The van der Waals surface area contributed by atoms with Gasteiger partial charge in [-0.05, 0) is 19.3 Å². The maximum absolute atomic E-state index is 12.3. The summed E-state index contributed by atoms with van der Waals surface area (Å²) in [5.41, 5.74) is -0.441. The highest BCUT2D eigenvalue weighted by Crippen LogP contribution is 2.46. The lowest BCUT2D eigenvalue weighted by Gasteiger charge is -2.21. The molecule has 100 valence electrons. The number of carbonyl (C=O) groups excluding carboxylic acids is 2. The van der Waals surface area contributed by atoms with Gasteiger partial charge in [-0.15, -0.1) is 0 Å². The minimum absolute atomic E-state index is 0.0670. The van der Waals surface area contributed by atoms with E-state index in [1.165, 1.54) is 4.90 Å². The molecular formula is C13H19NO4. The van der Waals surface area contributed by atoms with Gasteiger partial charge in [0, 0.05) is 13.0 Å². The van der Waals surface area contributed by atoms with Gasteiger partial charge in [0.15, 0.2) is 0 Å². The highest BCUT2D eigenvalue weighted by Gasteiger charge is 2.52. The minimum Gasteiger partial charge on any atom is -0.481 e. The molecule has 0 radical (unpaired) electrons. The van der Waals surface area contributed by atoms with Gasteiger partial charge in [0.1, 0.15) is 0 Å². The second kappa shape index (κ2) is 4.71. The summed E-state index contributed by atoms with van der Waals surface area (Å²) in [6, 6.07) is 0. The topological polar surface area (TPSA) is 74.7 Å². The molecule has 1 aliphatic heterocycles. The number of carbonyl (C=O) groups is 3. The normalized spacial score (nSPS) is 23.9. The summed E-state index contributed by atoms with van der Waals surface area (Å²) in [4.78, 5) is 36.2. The van der Waals surface area contributed by atoms with E-state index in [1.54, 1.807) is 6.92 Å². The minimum atomic E-state index is -0.885. The summed E-state index contributed by atoms with van der Waals surface area (Å²) >= 11 is 0. The van der Waals surface area contributed by atoms with Crippen LogP contribution < -0.4 is 0 Å². The van der Waals surface area contributed by atoms with Crippen molar-refractivity contribution < 1.29 is 19.5 Å². The molecule has 2 rings (SSSR count). The van der Waals surface area contributed by atoms with E-state index >= 15 is 0 Å². The van der Waals surface area contributed by atoms with Crippen molar-refractivity contribution in [2.75, 3.05) is 6.54 Å². The molecule has 0 aromatic carbocycles. The van der Waals surface area contributed by atoms with Crippen LogP contribution in [0.3, 0.4) is 0 Å². The summed E-state index contributed by atoms with van der Waals surface area (Å²) in [6.45, 7) is 1.84. The zero-order valence-corrected chi connectivity index (χ0v) is 10.6. The zero-order chi connectivity index (χ0) is 13.3. The average Bonchev–Trinajstić information content (AvgIpc) is 2.85. The van der Waals surface area contributed by atoms with Crippen LogP contribution in [-0.2, 0) is 14.4 Å². The van der Waals surface area contributed by atoms with E-state index in [9.17, 15) is 14.4 Å². The van der Waals surface area contributed by atoms with Gasteiger partial charge in [0.25, 0.3) is 0 Å². The molecule has 1 atom stereocenters. The van der Waals surface area contributed by atoms with Crippen molar-refractivity contribution >= 4 is 17.8 Å². The van der Waals surface area contributed by atoms with E-state index in [0.717, 1.165) is 25.7 Å². The Labute approximate surface area is 106 Å². The Bertz CT molecular complexity index is 384. The Morgan fingerprint density at radius 1 is 1.39 bits per heavy atom. The van der Waals surface area contributed by atoms with Crippen molar-refractivity contribution in [2.24, 2.45) is 11.3 Å². The van der Waals surface area contributed by atoms with E-state index in [0.29, 0.717) is 12.8 Å². The van der Waals surface area contributed by atoms with Crippen molar-refractivity contribution in [3.05, 3.63) is 0 Å². The van der Waals surface area contributed by atoms with Crippen LogP contribution in [0.4, 0.5) is 0 Å². The monoisotopic (exact) mass is 253 g/mol. The molecule has 1 saturated carbocycles. The number of carboxylic acid groups (broad SMARTS) is 1. The fourth-order valence-corrected chi connectivity index (χ4v) is 2.97. The first-order chi connectivity index (χ1) is 8.46. The number of aliphatic carboxylic acids is 1. The molecule has 0 aromatic heterocycles. The van der Waals surface area contributed by atoms with Crippen molar-refractivity contribution in [1.29, 1.82) is 0 Å². The molecule has 5 nitrogen and oxygen atoms in total. The smallest absolute Gasteiger partial charge is 0.306 e. The number of imide groups is 1. The molecule has 5 heteroatoms. The molecule has 2 aliphatic rings. The van der Waals surface area contributed by atoms with Gasteiger partial charge in [-0.2, -0.15) is 0 Å². The van der Waals surface area contributed by atoms with Crippen LogP contribution in [0, 0.1) is 11.3 Å². The average molecular weight is 253 g/mol. The summed E-state index contributed by atoms with van der Waals surface area (Å²) in [5, 5.41) is 8.80. The Kier molecular flexibility index (Phi) is 3.41. The largest absolute Gasteiger partial charge is 0.481 e. The van der Waals surface area contributed by atoms with Crippen LogP contribution in [0.25, 0.3) is 0 Å². The number of hydrogen-bond donors (Lipinski definition) is 1. The van der Waals surface area contributed by atoms with Crippen LogP contribution in [0.2, 0.25) is 0 Å². The predicted molar refractivity (Wildman–Crippen MR) is 63.7 cm³/mol. The second-order valence-electron chi connectivity index (χ2n) is 5.54. The second-order valence-corrected chi connectivity index (χ2v) is 5.54.